The first kappa shape index (κ1) is 13.1. The van der Waals surface area contributed by atoms with Crippen LogP contribution in [0.3, 0.4) is 0 Å². The highest BCUT2D eigenvalue weighted by Crippen LogP contribution is 2.26. The molecule has 2 aromatic rings. The third-order valence-electron chi connectivity index (χ3n) is 3.88. The molecule has 0 saturated carbocycles. The maximum absolute atomic E-state index is 5.65. The second kappa shape index (κ2) is 5.64. The molecular formula is C18H16N2O2. The highest BCUT2D eigenvalue weighted by atomic mass is 16.5. The van der Waals surface area contributed by atoms with Gasteiger partial charge in [0, 0.05) is 24.0 Å². The highest BCUT2D eigenvalue weighted by Gasteiger charge is 2.18. The highest BCUT2D eigenvalue weighted by molar-refractivity contribution is 6.06. The summed E-state index contributed by atoms with van der Waals surface area (Å²) in [6.45, 7) is 1.31. The second-order valence-corrected chi connectivity index (χ2v) is 5.28. The van der Waals surface area contributed by atoms with Gasteiger partial charge in [-0.2, -0.15) is 10.2 Å². The maximum Gasteiger partial charge on any atom is 0.128 e. The number of rotatable bonds is 1. The van der Waals surface area contributed by atoms with E-state index in [9.17, 15) is 0 Å². The van der Waals surface area contributed by atoms with Crippen LogP contribution in [0.5, 0.6) is 11.5 Å². The number of benzene rings is 2. The number of ether oxygens (including phenoxy) is 2. The summed E-state index contributed by atoms with van der Waals surface area (Å²) in [5, 5.41) is 9.03. The summed E-state index contributed by atoms with van der Waals surface area (Å²) in [6, 6.07) is 16.0. The minimum atomic E-state index is 0.653. The van der Waals surface area contributed by atoms with E-state index in [1.165, 1.54) is 0 Å². The Morgan fingerprint density at radius 2 is 1.09 bits per heavy atom. The van der Waals surface area contributed by atoms with Gasteiger partial charge in [0.25, 0.3) is 0 Å². The van der Waals surface area contributed by atoms with Crippen LogP contribution in [0.15, 0.2) is 58.7 Å². The Labute approximate surface area is 129 Å². The molecule has 2 aliphatic heterocycles. The van der Waals surface area contributed by atoms with Crippen molar-refractivity contribution < 1.29 is 9.47 Å². The molecule has 0 unspecified atom stereocenters. The molecule has 0 saturated heterocycles. The lowest BCUT2D eigenvalue weighted by Gasteiger charge is -2.19. The first-order valence-electron chi connectivity index (χ1n) is 7.49. The molecule has 22 heavy (non-hydrogen) atoms. The molecule has 0 N–H and O–H groups in total. The molecule has 0 radical (unpaired) electrons. The van der Waals surface area contributed by atoms with Gasteiger partial charge in [0.1, 0.15) is 11.5 Å². The molecule has 0 spiro atoms. The van der Waals surface area contributed by atoms with Crippen molar-refractivity contribution in [2.45, 2.75) is 12.8 Å². The Balaban J connectivity index is 1.71. The van der Waals surface area contributed by atoms with Crippen LogP contribution < -0.4 is 9.47 Å². The fourth-order valence-electron chi connectivity index (χ4n) is 2.77. The van der Waals surface area contributed by atoms with Gasteiger partial charge in [-0.25, -0.2) is 0 Å². The number of hydrogen-bond donors (Lipinski definition) is 0. The Morgan fingerprint density at radius 1 is 0.636 bits per heavy atom. The molecule has 2 heterocycles. The summed E-state index contributed by atoms with van der Waals surface area (Å²) in [5.41, 5.74) is 4.05. The maximum atomic E-state index is 5.65. The predicted molar refractivity (Wildman–Crippen MR) is 86.2 cm³/mol. The summed E-state index contributed by atoms with van der Waals surface area (Å²) >= 11 is 0. The van der Waals surface area contributed by atoms with Crippen molar-refractivity contribution >= 4 is 11.4 Å². The van der Waals surface area contributed by atoms with Crippen LogP contribution >= 0.6 is 0 Å². The zero-order chi connectivity index (χ0) is 14.8. The van der Waals surface area contributed by atoms with Crippen LogP contribution in [0, 0.1) is 0 Å². The minimum Gasteiger partial charge on any atom is -0.492 e. The molecule has 4 rings (SSSR count). The Kier molecular flexibility index (Phi) is 3.35. The first-order valence-corrected chi connectivity index (χ1v) is 7.49. The van der Waals surface area contributed by atoms with E-state index in [0.717, 1.165) is 46.9 Å². The van der Waals surface area contributed by atoms with Crippen molar-refractivity contribution in [1.82, 2.24) is 0 Å². The lowest BCUT2D eigenvalue weighted by Crippen LogP contribution is -2.17. The summed E-state index contributed by atoms with van der Waals surface area (Å²) in [6.07, 6.45) is 1.57. The van der Waals surface area contributed by atoms with E-state index in [0.29, 0.717) is 13.2 Å². The normalized spacial score (nSPS) is 20.0. The molecule has 110 valence electrons. The zero-order valence-electron chi connectivity index (χ0n) is 12.2. The van der Waals surface area contributed by atoms with Gasteiger partial charge in [0.2, 0.25) is 0 Å². The van der Waals surface area contributed by atoms with E-state index in [-0.39, 0.29) is 0 Å². The standard InChI is InChI=1S/C18H16N2O2/c1-3-7-17-13(5-1)15(9-11-21-17)19-20-16-10-12-22-18-8-4-2-6-14(16)18/h1-8H,9-12H2. The van der Waals surface area contributed by atoms with E-state index in [1.807, 2.05) is 48.5 Å². The topological polar surface area (TPSA) is 43.2 Å². The minimum absolute atomic E-state index is 0.653. The van der Waals surface area contributed by atoms with E-state index in [2.05, 4.69) is 10.2 Å². The fourth-order valence-corrected chi connectivity index (χ4v) is 2.77. The van der Waals surface area contributed by atoms with E-state index < -0.39 is 0 Å². The van der Waals surface area contributed by atoms with Gasteiger partial charge in [0.15, 0.2) is 0 Å². The summed E-state index contributed by atoms with van der Waals surface area (Å²) in [5.74, 6) is 1.78. The third-order valence-corrected chi connectivity index (χ3v) is 3.88. The van der Waals surface area contributed by atoms with Crippen molar-refractivity contribution in [3.63, 3.8) is 0 Å². The van der Waals surface area contributed by atoms with Crippen LogP contribution in [0.1, 0.15) is 24.0 Å². The number of nitrogens with zero attached hydrogens (tertiary/aromatic N) is 2. The van der Waals surface area contributed by atoms with Gasteiger partial charge < -0.3 is 9.47 Å². The monoisotopic (exact) mass is 292 g/mol. The lowest BCUT2D eigenvalue weighted by atomic mass is 10.0. The molecule has 2 aliphatic rings. The second-order valence-electron chi connectivity index (χ2n) is 5.28. The largest absolute Gasteiger partial charge is 0.492 e. The predicted octanol–water partition coefficient (Wildman–Crippen LogP) is 3.45. The average molecular weight is 292 g/mol. The third kappa shape index (κ3) is 2.37. The van der Waals surface area contributed by atoms with Crippen molar-refractivity contribution in [1.29, 1.82) is 0 Å². The molecule has 4 nitrogen and oxygen atoms in total. The lowest BCUT2D eigenvalue weighted by molar-refractivity contribution is 0.319. The molecular weight excluding hydrogens is 276 g/mol. The molecule has 0 atom stereocenters. The van der Waals surface area contributed by atoms with Gasteiger partial charge >= 0.3 is 0 Å². The molecule has 2 aromatic carbocycles. The van der Waals surface area contributed by atoms with Crippen LogP contribution in [0.25, 0.3) is 0 Å². The summed E-state index contributed by atoms with van der Waals surface area (Å²) < 4.78 is 11.3. The van der Waals surface area contributed by atoms with Crippen molar-refractivity contribution in [3.8, 4) is 11.5 Å². The Bertz CT molecular complexity index is 700. The molecule has 0 aromatic heterocycles. The molecule has 0 aliphatic carbocycles. The fraction of sp³-hybridized carbons (Fsp3) is 0.222. The van der Waals surface area contributed by atoms with Gasteiger partial charge in [0.05, 0.1) is 24.6 Å². The van der Waals surface area contributed by atoms with Gasteiger partial charge in [-0.1, -0.05) is 24.3 Å². The quantitative estimate of drug-likeness (QED) is 0.756. The summed E-state index contributed by atoms with van der Waals surface area (Å²) in [7, 11) is 0. The molecule has 0 amide bonds. The van der Waals surface area contributed by atoms with Crippen molar-refractivity contribution in [2.24, 2.45) is 10.2 Å². The SMILES string of the molecule is c1ccc2c(c1)OCCC2=NN=C1CCOc2ccccc21. The zero-order valence-corrected chi connectivity index (χ0v) is 12.2. The van der Waals surface area contributed by atoms with Crippen molar-refractivity contribution in [3.05, 3.63) is 59.7 Å². The van der Waals surface area contributed by atoms with Gasteiger partial charge in [-0.15, -0.1) is 0 Å². The van der Waals surface area contributed by atoms with Crippen LogP contribution in [0.4, 0.5) is 0 Å². The number of para-hydroxylation sites is 2. The van der Waals surface area contributed by atoms with Crippen LogP contribution in [-0.4, -0.2) is 24.6 Å². The van der Waals surface area contributed by atoms with E-state index >= 15 is 0 Å². The van der Waals surface area contributed by atoms with E-state index in [1.54, 1.807) is 0 Å². The van der Waals surface area contributed by atoms with Crippen LogP contribution in [0.2, 0.25) is 0 Å². The molecule has 0 bridgehead atoms. The molecule has 0 fully saturated rings. The number of hydrogen-bond acceptors (Lipinski definition) is 4. The molecule has 4 heteroatoms. The average Bonchev–Trinajstić information content (AvgIpc) is 2.60. The van der Waals surface area contributed by atoms with E-state index in [4.69, 9.17) is 9.47 Å². The van der Waals surface area contributed by atoms with Crippen molar-refractivity contribution in [2.75, 3.05) is 13.2 Å². The first-order chi connectivity index (χ1) is 10.9. The van der Waals surface area contributed by atoms with Crippen LogP contribution in [-0.2, 0) is 0 Å². The Hall–Kier alpha value is -2.62. The smallest absolute Gasteiger partial charge is 0.128 e. The number of fused-ring (bicyclic) bond motifs is 2. The van der Waals surface area contributed by atoms with Gasteiger partial charge in [-0.05, 0) is 24.3 Å². The van der Waals surface area contributed by atoms with Gasteiger partial charge in [-0.3, -0.25) is 0 Å². The summed E-state index contributed by atoms with van der Waals surface area (Å²) in [4.78, 5) is 0. The Morgan fingerprint density at radius 3 is 1.59 bits per heavy atom.